The molecule has 1 unspecified atom stereocenters. The van der Waals surface area contributed by atoms with Crippen molar-refractivity contribution in [3.63, 3.8) is 0 Å². The van der Waals surface area contributed by atoms with Gasteiger partial charge in [-0.25, -0.2) is 0 Å². The number of benzene rings is 2. The van der Waals surface area contributed by atoms with E-state index in [0.29, 0.717) is 45.7 Å². The minimum absolute atomic E-state index is 0.00916. The fraction of sp³-hybridized carbons (Fsp3) is 0.200. The predicted molar refractivity (Wildman–Crippen MR) is 164 cm³/mol. The first-order chi connectivity index (χ1) is 20.3. The lowest BCUT2D eigenvalue weighted by atomic mass is 9.79. The Bertz CT molecular complexity index is 1650. The molecule has 42 heavy (non-hydrogen) atoms. The van der Waals surface area contributed by atoms with E-state index >= 15 is 0 Å². The summed E-state index contributed by atoms with van der Waals surface area (Å²) in [6, 6.07) is 18.7. The molecule has 5 rings (SSSR count). The third kappa shape index (κ3) is 6.43. The van der Waals surface area contributed by atoms with Crippen molar-refractivity contribution in [1.82, 2.24) is 10.2 Å². The van der Waals surface area contributed by atoms with Gasteiger partial charge in [-0.1, -0.05) is 65.6 Å². The third-order valence-corrected chi connectivity index (χ3v) is 8.68. The number of aromatic nitrogens is 2. The number of anilines is 3. The predicted octanol–water partition coefficient (Wildman–Crippen LogP) is 5.08. The molecule has 1 aromatic heterocycles. The van der Waals surface area contributed by atoms with Crippen LogP contribution in [0.1, 0.15) is 31.7 Å². The van der Waals surface area contributed by atoms with Crippen LogP contribution in [-0.4, -0.2) is 33.5 Å². The molecule has 12 heteroatoms. The summed E-state index contributed by atoms with van der Waals surface area (Å²) in [4.78, 5) is 38.6. The summed E-state index contributed by atoms with van der Waals surface area (Å²) in [5, 5.41) is 24.6. The van der Waals surface area contributed by atoms with Gasteiger partial charge in [0.1, 0.15) is 5.82 Å². The molecule has 0 bridgehead atoms. The van der Waals surface area contributed by atoms with Crippen molar-refractivity contribution in [2.45, 2.75) is 30.5 Å². The number of nitrogens with one attached hydrogen (secondary N) is 2. The molecule has 3 aromatic rings. The topological polar surface area (TPSA) is 154 Å². The monoisotopic (exact) mass is 597 g/mol. The molecule has 2 amide bonds. The van der Waals surface area contributed by atoms with Crippen molar-refractivity contribution in [1.29, 1.82) is 5.26 Å². The molecule has 0 saturated heterocycles. The zero-order valence-corrected chi connectivity index (χ0v) is 24.3. The average molecular weight is 598 g/mol. The maximum Gasteiger partial charge on any atom is 0.234 e. The highest BCUT2D eigenvalue weighted by Gasteiger charge is 2.39. The average Bonchev–Trinajstić information content (AvgIpc) is 3.44. The third-order valence-electron chi connectivity index (χ3n) is 6.64. The standard InChI is InChI=1S/C30H27N7O3S2/c1-18(38)33-20-11-13-21(14-12-20)34-26(40)17-41-30-36-35-29(42-30)37-24-8-5-9-25(39)27(24)22(23(16-31)28(37)32)15-10-19-6-3-2-4-7-19/h2-4,6-7,10-15,22H,5,8-9,17,32H2,1H3,(H,33,38)(H,34,40)/b15-10+. The number of carbonyl (C=O) groups excluding carboxylic acids is 3. The van der Waals surface area contributed by atoms with Gasteiger partial charge in [-0.15, -0.1) is 10.2 Å². The van der Waals surface area contributed by atoms with Gasteiger partial charge in [-0.2, -0.15) is 5.26 Å². The molecule has 4 N–H and O–H groups in total. The van der Waals surface area contributed by atoms with Gasteiger partial charge in [0.2, 0.25) is 16.9 Å². The molecule has 2 aliphatic rings. The van der Waals surface area contributed by atoms with E-state index in [1.165, 1.54) is 30.0 Å². The number of rotatable bonds is 8. The number of nitrogens with zero attached hydrogens (tertiary/aromatic N) is 4. The van der Waals surface area contributed by atoms with Crippen molar-refractivity contribution in [2.24, 2.45) is 11.7 Å². The summed E-state index contributed by atoms with van der Waals surface area (Å²) in [6.07, 6.45) is 5.46. The second kappa shape index (κ2) is 12.8. The lowest BCUT2D eigenvalue weighted by Crippen LogP contribution is -2.39. The van der Waals surface area contributed by atoms with Gasteiger partial charge in [0, 0.05) is 41.9 Å². The van der Waals surface area contributed by atoms with Crippen molar-refractivity contribution < 1.29 is 14.4 Å². The van der Waals surface area contributed by atoms with E-state index in [0.717, 1.165) is 11.3 Å². The van der Waals surface area contributed by atoms with Gasteiger partial charge in [0.05, 0.1) is 17.4 Å². The zero-order chi connectivity index (χ0) is 29.6. The van der Waals surface area contributed by atoms with E-state index in [4.69, 9.17) is 5.73 Å². The van der Waals surface area contributed by atoms with Gasteiger partial charge in [0.15, 0.2) is 10.1 Å². The van der Waals surface area contributed by atoms with Crippen molar-refractivity contribution in [3.05, 3.63) is 88.9 Å². The van der Waals surface area contributed by atoms with Gasteiger partial charge in [-0.3, -0.25) is 19.3 Å². The normalized spacial score (nSPS) is 16.8. The maximum absolute atomic E-state index is 13.2. The maximum atomic E-state index is 13.2. The Morgan fingerprint density at radius 1 is 1.12 bits per heavy atom. The molecule has 2 aromatic carbocycles. The van der Waals surface area contributed by atoms with Crippen LogP contribution in [0.4, 0.5) is 16.5 Å². The van der Waals surface area contributed by atoms with Crippen LogP contribution in [0.5, 0.6) is 0 Å². The van der Waals surface area contributed by atoms with Crippen LogP contribution >= 0.6 is 23.1 Å². The number of hydrogen-bond acceptors (Lipinski definition) is 10. The Kier molecular flexibility index (Phi) is 8.80. The Morgan fingerprint density at radius 3 is 2.52 bits per heavy atom. The lowest BCUT2D eigenvalue weighted by molar-refractivity contribution is -0.116. The first-order valence-corrected chi connectivity index (χ1v) is 15.0. The minimum Gasteiger partial charge on any atom is -0.384 e. The molecule has 1 atom stereocenters. The smallest absolute Gasteiger partial charge is 0.234 e. The Hall–Kier alpha value is -4.73. The van der Waals surface area contributed by atoms with Gasteiger partial charge < -0.3 is 16.4 Å². The summed E-state index contributed by atoms with van der Waals surface area (Å²) in [5.74, 6) is -0.647. The van der Waals surface area contributed by atoms with Crippen LogP contribution in [-0.2, 0) is 14.4 Å². The second-order valence-electron chi connectivity index (χ2n) is 9.58. The molecule has 0 radical (unpaired) electrons. The van der Waals surface area contributed by atoms with Crippen LogP contribution in [0, 0.1) is 17.2 Å². The SMILES string of the molecule is CC(=O)Nc1ccc(NC(=O)CSc2nnc(N3C(N)=C(C#N)C(/C=C/c4ccccc4)C4=C3CCCC4=O)s2)cc1. The molecule has 10 nitrogen and oxygen atoms in total. The summed E-state index contributed by atoms with van der Waals surface area (Å²) in [7, 11) is 0. The van der Waals surface area contributed by atoms with Crippen LogP contribution in [0.15, 0.2) is 87.7 Å². The van der Waals surface area contributed by atoms with Crippen molar-refractivity contribution >= 4 is 63.3 Å². The van der Waals surface area contributed by atoms with E-state index in [-0.39, 0.29) is 34.7 Å². The molecular weight excluding hydrogens is 571 g/mol. The Labute approximate surface area is 251 Å². The molecule has 2 heterocycles. The number of Topliss-reactive ketones (excluding diaryl/α,β-unsaturated/α-hetero) is 1. The van der Waals surface area contributed by atoms with Crippen LogP contribution in [0.25, 0.3) is 6.08 Å². The molecule has 1 aliphatic heterocycles. The van der Waals surface area contributed by atoms with Crippen LogP contribution < -0.4 is 21.3 Å². The number of carbonyl (C=O) groups is 3. The summed E-state index contributed by atoms with van der Waals surface area (Å²) < 4.78 is 0.544. The first kappa shape index (κ1) is 28.8. The zero-order valence-electron chi connectivity index (χ0n) is 22.7. The summed E-state index contributed by atoms with van der Waals surface area (Å²) in [5.41, 5.74) is 10.4. The number of nitrogens with two attached hydrogens (primary N) is 1. The van der Waals surface area contributed by atoms with E-state index < -0.39 is 5.92 Å². The highest BCUT2D eigenvalue weighted by molar-refractivity contribution is 8.01. The second-order valence-corrected chi connectivity index (χ2v) is 11.8. The van der Waals surface area contributed by atoms with Gasteiger partial charge in [-0.05, 0) is 42.7 Å². The number of amides is 2. The van der Waals surface area contributed by atoms with Gasteiger partial charge in [0.25, 0.3) is 0 Å². The molecule has 1 aliphatic carbocycles. The van der Waals surface area contributed by atoms with Crippen molar-refractivity contribution in [3.8, 4) is 6.07 Å². The number of hydrogen-bond donors (Lipinski definition) is 3. The van der Waals surface area contributed by atoms with E-state index in [9.17, 15) is 19.6 Å². The fourth-order valence-corrected chi connectivity index (χ4v) is 6.51. The fourth-order valence-electron chi connectivity index (χ4n) is 4.83. The van der Waals surface area contributed by atoms with Crippen LogP contribution in [0.3, 0.4) is 0 Å². The highest BCUT2D eigenvalue weighted by Crippen LogP contribution is 2.44. The quantitative estimate of drug-likeness (QED) is 0.302. The largest absolute Gasteiger partial charge is 0.384 e. The van der Waals surface area contributed by atoms with E-state index in [1.54, 1.807) is 29.2 Å². The summed E-state index contributed by atoms with van der Waals surface area (Å²) >= 11 is 2.46. The minimum atomic E-state index is -0.549. The first-order valence-electron chi connectivity index (χ1n) is 13.2. The Balaban J connectivity index is 1.33. The number of nitriles is 1. The molecule has 0 fully saturated rings. The van der Waals surface area contributed by atoms with Crippen LogP contribution in [0.2, 0.25) is 0 Å². The molecule has 212 valence electrons. The Morgan fingerprint density at radius 2 is 1.83 bits per heavy atom. The van der Waals surface area contributed by atoms with E-state index in [1.807, 2.05) is 42.5 Å². The van der Waals surface area contributed by atoms with Crippen molar-refractivity contribution in [2.75, 3.05) is 21.3 Å². The highest BCUT2D eigenvalue weighted by atomic mass is 32.2. The summed E-state index contributed by atoms with van der Waals surface area (Å²) in [6.45, 7) is 1.43. The number of thioether (sulfide) groups is 1. The molecule has 0 spiro atoms. The lowest BCUT2D eigenvalue weighted by Gasteiger charge is -2.37. The van der Waals surface area contributed by atoms with E-state index in [2.05, 4.69) is 26.9 Å². The number of allylic oxidation sites excluding steroid dienone is 4. The molecular formula is C30H27N7O3S2. The number of ketones is 1. The van der Waals surface area contributed by atoms with Gasteiger partial charge >= 0.3 is 0 Å². The molecule has 0 saturated carbocycles.